The fourth-order valence-electron chi connectivity index (χ4n) is 0.924. The van der Waals surface area contributed by atoms with E-state index in [0.717, 1.165) is 21.4 Å². The zero-order valence-corrected chi connectivity index (χ0v) is 9.06. The zero-order valence-electron chi connectivity index (χ0n) is 7.49. The maximum absolute atomic E-state index is 10.4. The van der Waals surface area contributed by atoms with Crippen molar-refractivity contribution >= 4 is 33.7 Å². The van der Waals surface area contributed by atoms with E-state index in [4.69, 9.17) is 10.7 Å². The van der Waals surface area contributed by atoms with E-state index in [1.807, 2.05) is 12.1 Å². The molecule has 1 aromatic rings. The van der Waals surface area contributed by atoms with Crippen molar-refractivity contribution in [1.29, 1.82) is 0 Å². The van der Waals surface area contributed by atoms with Crippen LogP contribution in [0, 0.1) is 0 Å². The Balaban J connectivity index is 2.88. The van der Waals surface area contributed by atoms with Crippen LogP contribution in [0.25, 0.3) is 6.08 Å². The van der Waals surface area contributed by atoms with Gasteiger partial charge in [-0.3, -0.25) is 0 Å². The molecule has 14 heavy (non-hydrogen) atoms. The number of carboxylic acid groups (broad SMARTS) is 1. The predicted octanol–water partition coefficient (Wildman–Crippen LogP) is 2.09. The van der Waals surface area contributed by atoms with E-state index in [-0.39, 0.29) is 5.57 Å². The standard InChI is InChI=1S/C10H9ClO2S/c1-7(10(12)13)6-8-2-4-9(14-11)5-3-8/h2-6H,1H3,(H,12,13)/p-1/b7-6+. The van der Waals surface area contributed by atoms with Crippen LogP contribution in [-0.2, 0) is 4.79 Å². The Hall–Kier alpha value is -0.930. The van der Waals surface area contributed by atoms with Crippen LogP contribution in [0.2, 0.25) is 0 Å². The summed E-state index contributed by atoms with van der Waals surface area (Å²) in [6.45, 7) is 1.50. The third-order valence-electron chi connectivity index (χ3n) is 1.67. The number of hydrogen-bond acceptors (Lipinski definition) is 3. The number of benzene rings is 1. The summed E-state index contributed by atoms with van der Waals surface area (Å²) < 4.78 is 0. The molecule has 2 nitrogen and oxygen atoms in total. The van der Waals surface area contributed by atoms with Crippen molar-refractivity contribution in [2.75, 3.05) is 0 Å². The van der Waals surface area contributed by atoms with E-state index in [1.165, 1.54) is 6.92 Å². The van der Waals surface area contributed by atoms with E-state index in [0.29, 0.717) is 0 Å². The monoisotopic (exact) mass is 227 g/mol. The Morgan fingerprint density at radius 2 is 2.00 bits per heavy atom. The molecule has 74 valence electrons. The summed E-state index contributed by atoms with van der Waals surface area (Å²) in [6, 6.07) is 7.26. The first-order chi connectivity index (χ1) is 6.63. The van der Waals surface area contributed by atoms with Gasteiger partial charge in [0.15, 0.2) is 0 Å². The molecule has 0 radical (unpaired) electrons. The summed E-state index contributed by atoms with van der Waals surface area (Å²) >= 11 is 0. The van der Waals surface area contributed by atoms with Gasteiger partial charge in [-0.05, 0) is 51.9 Å². The molecule has 0 unspecified atom stereocenters. The van der Waals surface area contributed by atoms with Gasteiger partial charge in [-0.1, -0.05) is 18.2 Å². The van der Waals surface area contributed by atoms with Gasteiger partial charge in [-0.15, -0.1) is 0 Å². The van der Waals surface area contributed by atoms with Crippen molar-refractivity contribution in [3.63, 3.8) is 0 Å². The van der Waals surface area contributed by atoms with E-state index in [1.54, 1.807) is 18.2 Å². The van der Waals surface area contributed by atoms with Crippen LogP contribution < -0.4 is 5.11 Å². The first-order valence-electron chi connectivity index (χ1n) is 3.92. The molecule has 4 heteroatoms. The molecule has 0 fully saturated rings. The molecule has 0 aliphatic carbocycles. The Morgan fingerprint density at radius 3 is 2.43 bits per heavy atom. The highest BCUT2D eigenvalue weighted by Gasteiger charge is 1.93. The maximum atomic E-state index is 10.4. The van der Waals surface area contributed by atoms with Crippen LogP contribution >= 0.6 is 21.7 Å². The third kappa shape index (κ3) is 3.09. The molecule has 1 aromatic carbocycles. The van der Waals surface area contributed by atoms with Crippen molar-refractivity contribution in [3.05, 3.63) is 35.4 Å². The molecule has 0 N–H and O–H groups in total. The van der Waals surface area contributed by atoms with Gasteiger partial charge in [0.1, 0.15) is 0 Å². The van der Waals surface area contributed by atoms with Gasteiger partial charge in [-0.2, -0.15) is 0 Å². The number of aliphatic carboxylic acids is 1. The molecule has 0 saturated heterocycles. The highest BCUT2D eigenvalue weighted by Crippen LogP contribution is 2.22. The SMILES string of the molecule is C/C(=C\c1ccc(SCl)cc1)C(=O)[O-]. The molecule has 0 aromatic heterocycles. The first kappa shape index (κ1) is 11.1. The zero-order chi connectivity index (χ0) is 10.6. The summed E-state index contributed by atoms with van der Waals surface area (Å²) in [5.74, 6) is -1.15. The molecule has 0 amide bonds. The molecule has 0 aliphatic rings. The molecule has 0 atom stereocenters. The average molecular weight is 228 g/mol. The minimum absolute atomic E-state index is 0.205. The fourth-order valence-corrected chi connectivity index (χ4v) is 1.47. The molecule has 0 aliphatic heterocycles. The van der Waals surface area contributed by atoms with Crippen LogP contribution in [0.15, 0.2) is 34.7 Å². The van der Waals surface area contributed by atoms with Crippen molar-refractivity contribution in [2.24, 2.45) is 0 Å². The van der Waals surface area contributed by atoms with Crippen LogP contribution in [0.5, 0.6) is 0 Å². The summed E-state index contributed by atoms with van der Waals surface area (Å²) in [7, 11) is 6.66. The second-order valence-electron chi connectivity index (χ2n) is 2.76. The minimum Gasteiger partial charge on any atom is -0.545 e. The maximum Gasteiger partial charge on any atom is 0.0672 e. The lowest BCUT2D eigenvalue weighted by Gasteiger charge is -2.01. The molecule has 1 rings (SSSR count). The number of carboxylic acids is 1. The topological polar surface area (TPSA) is 40.1 Å². The lowest BCUT2D eigenvalue weighted by Crippen LogP contribution is -2.22. The Morgan fingerprint density at radius 1 is 1.43 bits per heavy atom. The van der Waals surface area contributed by atoms with Gasteiger partial charge in [-0.25, -0.2) is 0 Å². The largest absolute Gasteiger partial charge is 0.545 e. The van der Waals surface area contributed by atoms with Gasteiger partial charge in [0.2, 0.25) is 0 Å². The lowest BCUT2D eigenvalue weighted by molar-refractivity contribution is -0.299. The lowest BCUT2D eigenvalue weighted by atomic mass is 10.1. The smallest absolute Gasteiger partial charge is 0.0672 e. The van der Waals surface area contributed by atoms with Gasteiger partial charge in [0.05, 0.1) is 5.97 Å². The summed E-state index contributed by atoms with van der Waals surface area (Å²) in [4.78, 5) is 11.3. The van der Waals surface area contributed by atoms with E-state index in [2.05, 4.69) is 0 Å². The summed E-state index contributed by atoms with van der Waals surface area (Å²) in [5.41, 5.74) is 1.03. The molecule has 0 heterocycles. The second-order valence-corrected chi connectivity index (χ2v) is 3.85. The van der Waals surface area contributed by atoms with E-state index < -0.39 is 5.97 Å². The van der Waals surface area contributed by atoms with Crippen molar-refractivity contribution < 1.29 is 9.90 Å². The van der Waals surface area contributed by atoms with Gasteiger partial charge in [0, 0.05) is 4.90 Å². The number of rotatable bonds is 3. The van der Waals surface area contributed by atoms with Crippen molar-refractivity contribution in [2.45, 2.75) is 11.8 Å². The average Bonchev–Trinajstić information content (AvgIpc) is 2.19. The molecule has 0 bridgehead atoms. The number of carbonyl (C=O) groups excluding carboxylic acids is 1. The number of hydrogen-bond donors (Lipinski definition) is 0. The molecular weight excluding hydrogens is 220 g/mol. The van der Waals surface area contributed by atoms with E-state index >= 15 is 0 Å². The Labute approximate surface area is 91.1 Å². The van der Waals surface area contributed by atoms with Gasteiger partial charge in [0.25, 0.3) is 0 Å². The van der Waals surface area contributed by atoms with E-state index in [9.17, 15) is 9.90 Å². The quantitative estimate of drug-likeness (QED) is 0.743. The summed E-state index contributed by atoms with van der Waals surface area (Å²) in [5, 5.41) is 10.4. The molecule has 0 saturated carbocycles. The van der Waals surface area contributed by atoms with Crippen LogP contribution in [0.3, 0.4) is 0 Å². The van der Waals surface area contributed by atoms with Crippen molar-refractivity contribution in [3.8, 4) is 0 Å². The Kier molecular flexibility index (Phi) is 4.04. The van der Waals surface area contributed by atoms with Crippen LogP contribution in [0.1, 0.15) is 12.5 Å². The van der Waals surface area contributed by atoms with Crippen LogP contribution in [0.4, 0.5) is 0 Å². The first-order valence-corrected chi connectivity index (χ1v) is 5.56. The Bertz CT molecular complexity index is 357. The normalized spacial score (nSPS) is 11.4. The van der Waals surface area contributed by atoms with Crippen LogP contribution in [-0.4, -0.2) is 5.97 Å². The van der Waals surface area contributed by atoms with Gasteiger partial charge >= 0.3 is 0 Å². The summed E-state index contributed by atoms with van der Waals surface area (Å²) in [6.07, 6.45) is 1.55. The number of halogens is 1. The van der Waals surface area contributed by atoms with Gasteiger partial charge < -0.3 is 9.90 Å². The number of carbonyl (C=O) groups is 1. The molecular formula is C10H8ClO2S-. The minimum atomic E-state index is -1.15. The highest BCUT2D eigenvalue weighted by atomic mass is 35.7. The highest BCUT2D eigenvalue weighted by molar-refractivity contribution is 8.21. The second kappa shape index (κ2) is 5.08. The fraction of sp³-hybridized carbons (Fsp3) is 0.100. The van der Waals surface area contributed by atoms with Crippen molar-refractivity contribution in [1.82, 2.24) is 0 Å². The third-order valence-corrected chi connectivity index (χ3v) is 2.66. The predicted molar refractivity (Wildman–Crippen MR) is 56.8 cm³/mol. The molecule has 0 spiro atoms.